The molecule has 0 radical (unpaired) electrons. The number of ether oxygens (including phenoxy) is 1. The highest BCUT2D eigenvalue weighted by Crippen LogP contribution is 2.31. The number of piperidine rings is 1. The van der Waals surface area contributed by atoms with E-state index in [0.29, 0.717) is 19.1 Å². The first-order valence-electron chi connectivity index (χ1n) is 9.02. The van der Waals surface area contributed by atoms with Crippen molar-refractivity contribution < 1.29 is 9.53 Å². The summed E-state index contributed by atoms with van der Waals surface area (Å²) in [6, 6.07) is 8.02. The standard InChI is InChI=1S/C19H24N4O2/c24-19(22-17-7-10-25-18-4-2-1-3-16(17)18)13-23-8-5-14(6-9-23)15-11-20-21-12-15/h1-4,11-12,14,17H,5-10,13H2,(H,20,21)(H,22,24). The molecule has 1 aromatic carbocycles. The molecule has 2 N–H and O–H groups in total. The highest BCUT2D eigenvalue weighted by molar-refractivity contribution is 5.78. The number of nitrogens with zero attached hydrogens (tertiary/aromatic N) is 2. The second kappa shape index (κ2) is 7.27. The van der Waals surface area contributed by atoms with Gasteiger partial charge in [0, 0.05) is 18.2 Å². The third-order valence-electron chi connectivity index (χ3n) is 5.24. The van der Waals surface area contributed by atoms with Crippen LogP contribution in [0.15, 0.2) is 36.7 Å². The summed E-state index contributed by atoms with van der Waals surface area (Å²) in [7, 11) is 0. The van der Waals surface area contributed by atoms with Gasteiger partial charge in [-0.3, -0.25) is 14.8 Å². The number of aromatic nitrogens is 2. The quantitative estimate of drug-likeness (QED) is 0.895. The minimum Gasteiger partial charge on any atom is -0.493 e. The largest absolute Gasteiger partial charge is 0.493 e. The Morgan fingerprint density at radius 1 is 1.28 bits per heavy atom. The smallest absolute Gasteiger partial charge is 0.234 e. The lowest BCUT2D eigenvalue weighted by Crippen LogP contribution is -2.42. The van der Waals surface area contributed by atoms with Crippen molar-refractivity contribution in [2.45, 2.75) is 31.2 Å². The molecule has 132 valence electrons. The molecule has 2 aliphatic heterocycles. The van der Waals surface area contributed by atoms with Crippen LogP contribution in [-0.2, 0) is 4.79 Å². The van der Waals surface area contributed by atoms with E-state index in [2.05, 4.69) is 20.4 Å². The van der Waals surface area contributed by atoms with Crippen LogP contribution in [0.3, 0.4) is 0 Å². The molecule has 1 aromatic heterocycles. The summed E-state index contributed by atoms with van der Waals surface area (Å²) < 4.78 is 5.66. The predicted octanol–water partition coefficient (Wildman–Crippen LogP) is 2.23. The fourth-order valence-electron chi connectivity index (χ4n) is 3.84. The molecule has 6 nitrogen and oxygen atoms in total. The molecular weight excluding hydrogens is 316 g/mol. The van der Waals surface area contributed by atoms with Gasteiger partial charge in [0.05, 0.1) is 25.4 Å². The predicted molar refractivity (Wildman–Crippen MR) is 94.4 cm³/mol. The zero-order valence-electron chi connectivity index (χ0n) is 14.3. The van der Waals surface area contributed by atoms with E-state index in [4.69, 9.17) is 4.74 Å². The Kier molecular flexibility index (Phi) is 4.70. The van der Waals surface area contributed by atoms with Gasteiger partial charge in [0.1, 0.15) is 5.75 Å². The minimum absolute atomic E-state index is 0.0564. The fourth-order valence-corrected chi connectivity index (χ4v) is 3.84. The van der Waals surface area contributed by atoms with E-state index in [9.17, 15) is 4.79 Å². The number of hydrogen-bond acceptors (Lipinski definition) is 4. The van der Waals surface area contributed by atoms with Gasteiger partial charge in [-0.25, -0.2) is 0 Å². The summed E-state index contributed by atoms with van der Waals surface area (Å²) in [4.78, 5) is 14.7. The first kappa shape index (κ1) is 16.1. The first-order valence-corrected chi connectivity index (χ1v) is 9.02. The maximum absolute atomic E-state index is 12.5. The van der Waals surface area contributed by atoms with E-state index < -0.39 is 0 Å². The summed E-state index contributed by atoms with van der Waals surface area (Å²) in [5.74, 6) is 1.55. The van der Waals surface area contributed by atoms with Crippen LogP contribution in [-0.4, -0.2) is 47.2 Å². The summed E-state index contributed by atoms with van der Waals surface area (Å²) in [6.07, 6.45) is 6.87. The van der Waals surface area contributed by atoms with Crippen LogP contribution in [0.4, 0.5) is 0 Å². The van der Waals surface area contributed by atoms with Crippen LogP contribution >= 0.6 is 0 Å². The van der Waals surface area contributed by atoms with Gasteiger partial charge >= 0.3 is 0 Å². The second-order valence-corrected chi connectivity index (χ2v) is 6.88. The van der Waals surface area contributed by atoms with E-state index in [1.807, 2.05) is 36.7 Å². The topological polar surface area (TPSA) is 70.2 Å². The molecule has 6 heteroatoms. The molecule has 1 amide bonds. The van der Waals surface area contributed by atoms with Crippen molar-refractivity contribution in [3.05, 3.63) is 47.8 Å². The van der Waals surface area contributed by atoms with E-state index >= 15 is 0 Å². The molecule has 2 aliphatic rings. The number of amides is 1. The number of hydrogen-bond donors (Lipinski definition) is 2. The average Bonchev–Trinajstić information content (AvgIpc) is 3.17. The van der Waals surface area contributed by atoms with Crippen LogP contribution in [0.5, 0.6) is 5.75 Å². The maximum atomic E-state index is 12.5. The number of para-hydroxylation sites is 1. The van der Waals surface area contributed by atoms with Crippen molar-refractivity contribution in [3.8, 4) is 5.75 Å². The van der Waals surface area contributed by atoms with Crippen molar-refractivity contribution in [1.29, 1.82) is 0 Å². The summed E-state index contributed by atoms with van der Waals surface area (Å²) in [5.41, 5.74) is 2.36. The first-order chi connectivity index (χ1) is 12.3. The third kappa shape index (κ3) is 3.69. The van der Waals surface area contributed by atoms with Crippen molar-refractivity contribution in [1.82, 2.24) is 20.4 Å². The molecule has 1 saturated heterocycles. The van der Waals surface area contributed by atoms with Crippen molar-refractivity contribution in [2.75, 3.05) is 26.2 Å². The third-order valence-corrected chi connectivity index (χ3v) is 5.24. The van der Waals surface area contributed by atoms with E-state index in [1.54, 1.807) is 0 Å². The molecule has 1 fully saturated rings. The zero-order valence-corrected chi connectivity index (χ0v) is 14.3. The number of aromatic amines is 1. The molecule has 2 aromatic rings. The number of benzene rings is 1. The van der Waals surface area contributed by atoms with Crippen LogP contribution in [0.25, 0.3) is 0 Å². The van der Waals surface area contributed by atoms with Crippen LogP contribution in [0.1, 0.15) is 42.3 Å². The van der Waals surface area contributed by atoms with Crippen molar-refractivity contribution in [2.24, 2.45) is 0 Å². The van der Waals surface area contributed by atoms with Gasteiger partial charge < -0.3 is 10.1 Å². The monoisotopic (exact) mass is 340 g/mol. The molecule has 0 spiro atoms. The van der Waals surface area contributed by atoms with Crippen molar-refractivity contribution >= 4 is 5.91 Å². The molecule has 3 heterocycles. The van der Waals surface area contributed by atoms with Crippen LogP contribution in [0.2, 0.25) is 0 Å². The molecule has 25 heavy (non-hydrogen) atoms. The van der Waals surface area contributed by atoms with Gasteiger partial charge in [-0.15, -0.1) is 0 Å². The number of rotatable bonds is 4. The van der Waals surface area contributed by atoms with Crippen LogP contribution < -0.4 is 10.1 Å². The zero-order chi connectivity index (χ0) is 17.1. The van der Waals surface area contributed by atoms with Gasteiger partial charge in [-0.2, -0.15) is 5.10 Å². The number of carbonyl (C=O) groups excluding carboxylic acids is 1. The number of carbonyl (C=O) groups is 1. The maximum Gasteiger partial charge on any atom is 0.234 e. The Bertz CT molecular complexity index is 708. The molecule has 0 aliphatic carbocycles. The molecular formula is C19H24N4O2. The Morgan fingerprint density at radius 3 is 2.92 bits per heavy atom. The Labute approximate surface area is 147 Å². The number of likely N-dealkylation sites (tertiary alicyclic amines) is 1. The molecule has 4 rings (SSSR count). The molecule has 0 bridgehead atoms. The number of nitrogens with one attached hydrogen (secondary N) is 2. The lowest BCUT2D eigenvalue weighted by Gasteiger charge is -2.32. The Hall–Kier alpha value is -2.34. The van der Waals surface area contributed by atoms with E-state index in [1.165, 1.54) is 5.56 Å². The number of H-pyrrole nitrogens is 1. The lowest BCUT2D eigenvalue weighted by molar-refractivity contribution is -0.123. The SMILES string of the molecule is O=C(CN1CCC(c2cn[nH]c2)CC1)NC1CCOc2ccccc21. The highest BCUT2D eigenvalue weighted by atomic mass is 16.5. The summed E-state index contributed by atoms with van der Waals surface area (Å²) in [6.45, 7) is 3.02. The second-order valence-electron chi connectivity index (χ2n) is 6.88. The van der Waals surface area contributed by atoms with E-state index in [0.717, 1.165) is 43.7 Å². The van der Waals surface area contributed by atoms with Crippen LogP contribution in [0, 0.1) is 0 Å². The van der Waals surface area contributed by atoms with Gasteiger partial charge in [0.25, 0.3) is 0 Å². The normalized spacial score (nSPS) is 21.4. The number of fused-ring (bicyclic) bond motifs is 1. The average molecular weight is 340 g/mol. The van der Waals surface area contributed by atoms with Gasteiger partial charge in [0.15, 0.2) is 0 Å². The highest BCUT2D eigenvalue weighted by Gasteiger charge is 2.25. The Morgan fingerprint density at radius 2 is 2.12 bits per heavy atom. The fraction of sp³-hybridized carbons (Fsp3) is 0.474. The van der Waals surface area contributed by atoms with Gasteiger partial charge in [-0.05, 0) is 43.5 Å². The van der Waals surface area contributed by atoms with Gasteiger partial charge in [-0.1, -0.05) is 18.2 Å². The summed E-state index contributed by atoms with van der Waals surface area (Å²) >= 11 is 0. The van der Waals surface area contributed by atoms with Gasteiger partial charge in [0.2, 0.25) is 5.91 Å². The lowest BCUT2D eigenvalue weighted by atomic mass is 9.91. The summed E-state index contributed by atoms with van der Waals surface area (Å²) in [5, 5.41) is 10.1. The molecule has 1 atom stereocenters. The molecule has 1 unspecified atom stereocenters. The molecule has 0 saturated carbocycles. The minimum atomic E-state index is 0.0564. The van der Waals surface area contributed by atoms with Crippen molar-refractivity contribution in [3.63, 3.8) is 0 Å². The van der Waals surface area contributed by atoms with E-state index in [-0.39, 0.29) is 11.9 Å². The Balaban J connectivity index is 1.29.